The van der Waals surface area contributed by atoms with Crippen molar-refractivity contribution >= 4 is 15.8 Å². The molecule has 0 bridgehead atoms. The summed E-state index contributed by atoms with van der Waals surface area (Å²) in [5.41, 5.74) is 2.05. The van der Waals surface area contributed by atoms with Crippen molar-refractivity contribution in [2.24, 2.45) is 0 Å². The van der Waals surface area contributed by atoms with Gasteiger partial charge in [-0.25, -0.2) is 8.42 Å². The molecule has 1 aromatic rings. The number of hydrogen-bond acceptors (Lipinski definition) is 3. The Hall–Kier alpha value is -1.36. The molecule has 0 aromatic heterocycles. The van der Waals surface area contributed by atoms with E-state index in [2.05, 4.69) is 0 Å². The van der Waals surface area contributed by atoms with E-state index in [9.17, 15) is 13.2 Å². The number of aryl methyl sites for hydroxylation is 2. The van der Waals surface area contributed by atoms with Gasteiger partial charge in [0.25, 0.3) is 0 Å². The zero-order valence-electron chi connectivity index (χ0n) is 9.72. The van der Waals surface area contributed by atoms with Crippen LogP contribution in [0.2, 0.25) is 0 Å². The van der Waals surface area contributed by atoms with Crippen LogP contribution < -0.4 is 0 Å². The van der Waals surface area contributed by atoms with Crippen LogP contribution in [-0.2, 0) is 21.1 Å². The van der Waals surface area contributed by atoms with E-state index in [4.69, 9.17) is 5.11 Å². The van der Waals surface area contributed by atoms with E-state index < -0.39 is 15.8 Å². The summed E-state index contributed by atoms with van der Waals surface area (Å²) in [5.74, 6) is -1.36. The highest BCUT2D eigenvalue weighted by molar-refractivity contribution is 7.91. The van der Waals surface area contributed by atoms with Gasteiger partial charge in [-0.3, -0.25) is 4.79 Å². The van der Waals surface area contributed by atoms with Gasteiger partial charge >= 0.3 is 5.97 Å². The highest BCUT2D eigenvalue weighted by Gasteiger charge is 2.13. The minimum atomic E-state index is -3.27. The van der Waals surface area contributed by atoms with E-state index in [1.807, 2.05) is 31.2 Å². The summed E-state index contributed by atoms with van der Waals surface area (Å²) >= 11 is 0. The summed E-state index contributed by atoms with van der Waals surface area (Å²) in [5, 5.41) is 8.44. The van der Waals surface area contributed by atoms with Crippen molar-refractivity contribution in [3.8, 4) is 0 Å². The predicted molar refractivity (Wildman–Crippen MR) is 65.8 cm³/mol. The van der Waals surface area contributed by atoms with Crippen molar-refractivity contribution in [3.05, 3.63) is 35.4 Å². The first-order valence-electron chi connectivity index (χ1n) is 5.37. The second kappa shape index (κ2) is 5.82. The number of benzene rings is 1. The number of rotatable bonds is 6. The summed E-state index contributed by atoms with van der Waals surface area (Å²) in [4.78, 5) is 10.3. The SMILES string of the molecule is Cc1ccccc1CCS(=O)(=O)CCC(=O)O. The third-order valence-electron chi connectivity index (χ3n) is 2.57. The van der Waals surface area contributed by atoms with E-state index in [1.165, 1.54) is 0 Å². The second-order valence-electron chi connectivity index (χ2n) is 3.97. The zero-order valence-corrected chi connectivity index (χ0v) is 10.5. The molecule has 0 amide bonds. The molecule has 4 nitrogen and oxygen atoms in total. The molecule has 0 heterocycles. The molecule has 0 aliphatic rings. The minimum absolute atomic E-state index is 0.00509. The average Bonchev–Trinajstić information content (AvgIpc) is 2.26. The molecule has 0 atom stereocenters. The minimum Gasteiger partial charge on any atom is -0.481 e. The predicted octanol–water partition coefficient (Wildman–Crippen LogP) is 1.43. The Morgan fingerprint density at radius 2 is 1.88 bits per heavy atom. The molecule has 0 aliphatic heterocycles. The van der Waals surface area contributed by atoms with Crippen LogP contribution in [0.1, 0.15) is 17.5 Å². The molecule has 0 fully saturated rings. The van der Waals surface area contributed by atoms with E-state index in [0.717, 1.165) is 11.1 Å². The molecular weight excluding hydrogens is 240 g/mol. The number of carbonyl (C=O) groups is 1. The van der Waals surface area contributed by atoms with Gasteiger partial charge in [0.1, 0.15) is 0 Å². The number of aliphatic carboxylic acids is 1. The molecular formula is C12H16O4S. The summed E-state index contributed by atoms with van der Waals surface area (Å²) in [6.45, 7) is 1.93. The first-order valence-corrected chi connectivity index (χ1v) is 7.19. The van der Waals surface area contributed by atoms with Crippen molar-refractivity contribution in [2.75, 3.05) is 11.5 Å². The fraction of sp³-hybridized carbons (Fsp3) is 0.417. The molecule has 17 heavy (non-hydrogen) atoms. The molecule has 0 aliphatic carbocycles. The molecule has 1 aromatic carbocycles. The quantitative estimate of drug-likeness (QED) is 0.835. The van der Waals surface area contributed by atoms with Gasteiger partial charge in [-0.15, -0.1) is 0 Å². The van der Waals surface area contributed by atoms with Crippen LogP contribution in [0.3, 0.4) is 0 Å². The van der Waals surface area contributed by atoms with Crippen molar-refractivity contribution in [1.29, 1.82) is 0 Å². The Kier molecular flexibility index (Phi) is 4.69. The van der Waals surface area contributed by atoms with Crippen LogP contribution >= 0.6 is 0 Å². The Morgan fingerprint density at radius 3 is 2.47 bits per heavy atom. The summed E-state index contributed by atoms with van der Waals surface area (Å²) in [7, 11) is -3.27. The first-order chi connectivity index (χ1) is 7.91. The van der Waals surface area contributed by atoms with E-state index in [-0.39, 0.29) is 17.9 Å². The molecule has 0 saturated carbocycles. The lowest BCUT2D eigenvalue weighted by molar-refractivity contribution is -0.136. The molecule has 0 saturated heterocycles. The lowest BCUT2D eigenvalue weighted by Gasteiger charge is -2.05. The standard InChI is InChI=1S/C12H16O4S/c1-10-4-2-3-5-11(10)6-8-17(15,16)9-7-12(13)14/h2-5H,6-9H2,1H3,(H,13,14). The van der Waals surface area contributed by atoms with Gasteiger partial charge in [-0.05, 0) is 24.5 Å². The molecule has 94 valence electrons. The smallest absolute Gasteiger partial charge is 0.304 e. The van der Waals surface area contributed by atoms with Gasteiger partial charge < -0.3 is 5.11 Å². The third kappa shape index (κ3) is 4.99. The summed E-state index contributed by atoms with van der Waals surface area (Å²) in [6, 6.07) is 7.59. The largest absolute Gasteiger partial charge is 0.481 e. The maximum Gasteiger partial charge on any atom is 0.304 e. The van der Waals surface area contributed by atoms with Crippen molar-refractivity contribution < 1.29 is 18.3 Å². The van der Waals surface area contributed by atoms with Gasteiger partial charge in [0, 0.05) is 0 Å². The fourth-order valence-electron chi connectivity index (χ4n) is 1.50. The molecule has 0 unspecified atom stereocenters. The first kappa shape index (κ1) is 13.7. The summed E-state index contributed by atoms with van der Waals surface area (Å²) < 4.78 is 23.1. The van der Waals surface area contributed by atoms with Crippen molar-refractivity contribution in [2.45, 2.75) is 19.8 Å². The van der Waals surface area contributed by atoms with E-state index in [0.29, 0.717) is 6.42 Å². The highest BCUT2D eigenvalue weighted by atomic mass is 32.2. The van der Waals surface area contributed by atoms with Crippen LogP contribution in [0.4, 0.5) is 0 Å². The monoisotopic (exact) mass is 256 g/mol. The molecule has 1 N–H and O–H groups in total. The second-order valence-corrected chi connectivity index (χ2v) is 6.28. The van der Waals surface area contributed by atoms with Gasteiger partial charge in [-0.1, -0.05) is 24.3 Å². The Morgan fingerprint density at radius 1 is 1.24 bits per heavy atom. The van der Waals surface area contributed by atoms with Gasteiger partial charge in [0.05, 0.1) is 17.9 Å². The van der Waals surface area contributed by atoms with E-state index >= 15 is 0 Å². The molecule has 0 spiro atoms. The number of carboxylic acids is 1. The third-order valence-corrected chi connectivity index (χ3v) is 4.22. The average molecular weight is 256 g/mol. The molecule has 1 rings (SSSR count). The lowest BCUT2D eigenvalue weighted by atomic mass is 10.1. The Labute approximate surface area is 101 Å². The number of sulfone groups is 1. The van der Waals surface area contributed by atoms with Crippen LogP contribution in [0, 0.1) is 6.92 Å². The summed E-state index contributed by atoms with van der Waals surface area (Å²) in [6.07, 6.45) is 0.116. The lowest BCUT2D eigenvalue weighted by Crippen LogP contribution is -2.16. The normalized spacial score (nSPS) is 11.4. The number of hydrogen-bond donors (Lipinski definition) is 1. The van der Waals surface area contributed by atoms with E-state index in [1.54, 1.807) is 0 Å². The Bertz CT molecular complexity index is 491. The van der Waals surface area contributed by atoms with Crippen LogP contribution in [0.25, 0.3) is 0 Å². The van der Waals surface area contributed by atoms with Crippen molar-refractivity contribution in [1.82, 2.24) is 0 Å². The van der Waals surface area contributed by atoms with Crippen LogP contribution in [0.5, 0.6) is 0 Å². The zero-order chi connectivity index (χ0) is 12.9. The molecule has 0 radical (unpaired) electrons. The fourth-order valence-corrected chi connectivity index (χ4v) is 2.72. The highest BCUT2D eigenvalue weighted by Crippen LogP contribution is 2.09. The topological polar surface area (TPSA) is 71.4 Å². The molecule has 5 heteroatoms. The maximum absolute atomic E-state index is 11.6. The maximum atomic E-state index is 11.6. The van der Waals surface area contributed by atoms with Crippen molar-refractivity contribution in [3.63, 3.8) is 0 Å². The van der Waals surface area contributed by atoms with Crippen LogP contribution in [-0.4, -0.2) is 31.0 Å². The van der Waals surface area contributed by atoms with Crippen LogP contribution in [0.15, 0.2) is 24.3 Å². The van der Waals surface area contributed by atoms with Gasteiger partial charge in [0.15, 0.2) is 9.84 Å². The van der Waals surface area contributed by atoms with Gasteiger partial charge in [-0.2, -0.15) is 0 Å². The Balaban J connectivity index is 2.56. The van der Waals surface area contributed by atoms with Gasteiger partial charge in [0.2, 0.25) is 0 Å². The number of carboxylic acid groups (broad SMARTS) is 1.